The molecule has 0 unspecified atom stereocenters. The maximum Gasteiger partial charge on any atom is 0.201 e. The second-order valence-corrected chi connectivity index (χ2v) is 5.28. The maximum atomic E-state index is 13.7. The Bertz CT molecular complexity index is 726. The van der Waals surface area contributed by atoms with Crippen LogP contribution in [-0.4, -0.2) is 11.0 Å². The van der Waals surface area contributed by atoms with Crippen LogP contribution in [0.25, 0.3) is 0 Å². The first-order valence-electron chi connectivity index (χ1n) is 5.52. The highest BCUT2D eigenvalue weighted by Crippen LogP contribution is 2.32. The van der Waals surface area contributed by atoms with E-state index >= 15 is 0 Å². The van der Waals surface area contributed by atoms with Crippen molar-refractivity contribution < 1.29 is 18.7 Å². The van der Waals surface area contributed by atoms with Gasteiger partial charge in [-0.15, -0.1) is 0 Å². The number of nitrogens with zero attached hydrogens (tertiary/aromatic N) is 1. The molecule has 0 saturated heterocycles. The summed E-state index contributed by atoms with van der Waals surface area (Å²) in [5.74, 6) is -2.79. The SMILES string of the molecule is N/C(=N/O)c1cc(Cl)ccc1Oc1cc(Br)cc(F)c1F. The molecule has 2 rings (SSSR count). The third kappa shape index (κ3) is 3.43. The number of hydrogen-bond donors (Lipinski definition) is 2. The first-order chi connectivity index (χ1) is 9.92. The Kier molecular flexibility index (Phi) is 4.64. The molecule has 110 valence electrons. The molecular weight excluding hydrogens is 370 g/mol. The van der Waals surface area contributed by atoms with E-state index in [9.17, 15) is 8.78 Å². The summed E-state index contributed by atoms with van der Waals surface area (Å²) < 4.78 is 32.6. The van der Waals surface area contributed by atoms with E-state index in [2.05, 4.69) is 21.1 Å². The average Bonchev–Trinajstić information content (AvgIpc) is 2.45. The molecule has 0 bridgehead atoms. The number of benzene rings is 2. The highest BCUT2D eigenvalue weighted by Gasteiger charge is 2.16. The Morgan fingerprint density at radius 2 is 1.95 bits per heavy atom. The van der Waals surface area contributed by atoms with Gasteiger partial charge in [0, 0.05) is 9.50 Å². The first-order valence-corrected chi connectivity index (χ1v) is 6.69. The third-order valence-corrected chi connectivity index (χ3v) is 3.20. The van der Waals surface area contributed by atoms with Crippen molar-refractivity contribution in [2.24, 2.45) is 10.9 Å². The lowest BCUT2D eigenvalue weighted by Crippen LogP contribution is -2.14. The van der Waals surface area contributed by atoms with Gasteiger partial charge in [0.1, 0.15) is 5.75 Å². The van der Waals surface area contributed by atoms with E-state index in [-0.39, 0.29) is 22.9 Å². The molecule has 0 fully saturated rings. The molecule has 8 heteroatoms. The molecule has 2 aromatic rings. The number of oxime groups is 1. The minimum atomic E-state index is -1.15. The standard InChI is InChI=1S/C13H8BrClF2N2O2/c14-6-3-9(16)12(17)11(4-6)21-10-2-1-7(15)5-8(10)13(18)19-20/h1-5,20H,(H2,18,19). The molecule has 21 heavy (non-hydrogen) atoms. The van der Waals surface area contributed by atoms with Crippen LogP contribution in [0.2, 0.25) is 5.02 Å². The van der Waals surface area contributed by atoms with Gasteiger partial charge in [0.05, 0.1) is 5.56 Å². The Hall–Kier alpha value is -1.86. The molecule has 0 radical (unpaired) electrons. The summed E-state index contributed by atoms with van der Waals surface area (Å²) in [5.41, 5.74) is 5.64. The van der Waals surface area contributed by atoms with Gasteiger partial charge in [-0.25, -0.2) is 4.39 Å². The zero-order valence-corrected chi connectivity index (χ0v) is 12.6. The minimum absolute atomic E-state index is 0.0612. The van der Waals surface area contributed by atoms with E-state index < -0.39 is 11.6 Å². The minimum Gasteiger partial charge on any atom is -0.453 e. The Morgan fingerprint density at radius 1 is 1.24 bits per heavy atom. The Balaban J connectivity index is 2.50. The fraction of sp³-hybridized carbons (Fsp3) is 0. The van der Waals surface area contributed by atoms with E-state index in [1.54, 1.807) is 0 Å². The predicted octanol–water partition coefficient (Wildman–Crippen LogP) is 4.27. The van der Waals surface area contributed by atoms with Crippen molar-refractivity contribution in [2.45, 2.75) is 0 Å². The maximum absolute atomic E-state index is 13.7. The number of nitrogens with two attached hydrogens (primary N) is 1. The van der Waals surface area contributed by atoms with Crippen LogP contribution in [0.4, 0.5) is 8.78 Å². The zero-order chi connectivity index (χ0) is 15.6. The van der Waals surface area contributed by atoms with Crippen molar-refractivity contribution in [3.63, 3.8) is 0 Å². The fourth-order valence-corrected chi connectivity index (χ4v) is 2.15. The lowest BCUT2D eigenvalue weighted by molar-refractivity contribution is 0.318. The molecule has 0 atom stereocenters. The average molecular weight is 378 g/mol. The van der Waals surface area contributed by atoms with Crippen molar-refractivity contribution >= 4 is 33.4 Å². The fourth-order valence-electron chi connectivity index (χ4n) is 1.57. The topological polar surface area (TPSA) is 67.8 Å². The van der Waals surface area contributed by atoms with Crippen molar-refractivity contribution in [1.82, 2.24) is 0 Å². The Morgan fingerprint density at radius 3 is 2.62 bits per heavy atom. The van der Waals surface area contributed by atoms with Crippen LogP contribution >= 0.6 is 27.5 Å². The summed E-state index contributed by atoms with van der Waals surface area (Å²) in [5, 5.41) is 11.9. The van der Waals surface area contributed by atoms with Gasteiger partial charge >= 0.3 is 0 Å². The van der Waals surface area contributed by atoms with Gasteiger partial charge in [-0.2, -0.15) is 4.39 Å². The predicted molar refractivity (Wildman–Crippen MR) is 78.1 cm³/mol. The van der Waals surface area contributed by atoms with Gasteiger partial charge in [-0.3, -0.25) is 0 Å². The van der Waals surface area contributed by atoms with Crippen LogP contribution in [0.3, 0.4) is 0 Å². The van der Waals surface area contributed by atoms with Crippen LogP contribution in [0.15, 0.2) is 40.0 Å². The van der Waals surface area contributed by atoms with Crippen LogP contribution in [0, 0.1) is 11.6 Å². The second kappa shape index (κ2) is 6.28. The largest absolute Gasteiger partial charge is 0.453 e. The summed E-state index contributed by atoms with van der Waals surface area (Å²) in [6, 6.07) is 6.46. The van der Waals surface area contributed by atoms with Crippen LogP contribution in [-0.2, 0) is 0 Å². The highest BCUT2D eigenvalue weighted by atomic mass is 79.9. The molecule has 0 heterocycles. The third-order valence-electron chi connectivity index (χ3n) is 2.50. The van der Waals surface area contributed by atoms with Crippen molar-refractivity contribution in [3.05, 3.63) is 57.0 Å². The number of ether oxygens (including phenoxy) is 1. The summed E-state index contributed by atoms with van der Waals surface area (Å²) in [4.78, 5) is 0. The Labute approximate surface area is 131 Å². The molecule has 4 nitrogen and oxygen atoms in total. The normalized spacial score (nSPS) is 11.5. The molecule has 0 aliphatic heterocycles. The lowest BCUT2D eigenvalue weighted by atomic mass is 10.2. The van der Waals surface area contributed by atoms with Crippen LogP contribution in [0.1, 0.15) is 5.56 Å². The van der Waals surface area contributed by atoms with Crippen LogP contribution in [0.5, 0.6) is 11.5 Å². The van der Waals surface area contributed by atoms with E-state index in [0.29, 0.717) is 9.50 Å². The number of rotatable bonds is 3. The molecule has 0 saturated carbocycles. The monoisotopic (exact) mass is 376 g/mol. The van der Waals surface area contributed by atoms with Gasteiger partial charge < -0.3 is 15.7 Å². The molecule has 2 aromatic carbocycles. The van der Waals surface area contributed by atoms with Gasteiger partial charge in [-0.05, 0) is 30.3 Å². The summed E-state index contributed by atoms with van der Waals surface area (Å²) >= 11 is 8.85. The van der Waals surface area contributed by atoms with Crippen LogP contribution < -0.4 is 10.5 Å². The summed E-state index contributed by atoms with van der Waals surface area (Å²) in [7, 11) is 0. The lowest BCUT2D eigenvalue weighted by Gasteiger charge is -2.12. The quantitative estimate of drug-likeness (QED) is 0.276. The molecule has 0 aliphatic carbocycles. The molecular formula is C13H8BrClF2N2O2. The van der Waals surface area contributed by atoms with Gasteiger partial charge in [0.15, 0.2) is 17.4 Å². The van der Waals surface area contributed by atoms with E-state index in [1.165, 1.54) is 24.3 Å². The van der Waals surface area contributed by atoms with E-state index in [4.69, 9.17) is 27.3 Å². The highest BCUT2D eigenvalue weighted by molar-refractivity contribution is 9.10. The zero-order valence-electron chi connectivity index (χ0n) is 10.3. The second-order valence-electron chi connectivity index (χ2n) is 3.93. The smallest absolute Gasteiger partial charge is 0.201 e. The van der Waals surface area contributed by atoms with Gasteiger partial charge in [-0.1, -0.05) is 32.7 Å². The van der Waals surface area contributed by atoms with E-state index in [1.807, 2.05) is 0 Å². The summed E-state index contributed by atoms with van der Waals surface area (Å²) in [6.07, 6.45) is 0. The van der Waals surface area contributed by atoms with E-state index in [0.717, 1.165) is 6.07 Å². The van der Waals surface area contributed by atoms with Gasteiger partial charge in [0.25, 0.3) is 0 Å². The molecule has 3 N–H and O–H groups in total. The van der Waals surface area contributed by atoms with Gasteiger partial charge in [0.2, 0.25) is 5.82 Å². The summed E-state index contributed by atoms with van der Waals surface area (Å²) in [6.45, 7) is 0. The number of hydrogen-bond acceptors (Lipinski definition) is 3. The van der Waals surface area contributed by atoms with Crippen molar-refractivity contribution in [2.75, 3.05) is 0 Å². The first kappa shape index (κ1) is 15.5. The number of halogens is 4. The molecule has 0 aliphatic rings. The van der Waals surface area contributed by atoms with Crippen molar-refractivity contribution in [1.29, 1.82) is 0 Å². The molecule has 0 amide bonds. The number of amidine groups is 1. The molecule has 0 aromatic heterocycles. The molecule has 0 spiro atoms. The van der Waals surface area contributed by atoms with Crippen molar-refractivity contribution in [3.8, 4) is 11.5 Å².